The largest absolute Gasteiger partial charge is 0.383 e. The Morgan fingerprint density at radius 1 is 1.59 bits per heavy atom. The van der Waals surface area contributed by atoms with Gasteiger partial charge in [0.2, 0.25) is 0 Å². The van der Waals surface area contributed by atoms with Gasteiger partial charge in [0.25, 0.3) is 5.91 Å². The van der Waals surface area contributed by atoms with Crippen LogP contribution in [0.4, 0.5) is 4.39 Å². The summed E-state index contributed by atoms with van der Waals surface area (Å²) in [5.41, 5.74) is 0.424. The second kappa shape index (κ2) is 6.71. The van der Waals surface area contributed by atoms with Gasteiger partial charge in [0.1, 0.15) is 5.82 Å². The predicted molar refractivity (Wildman–Crippen MR) is 67.5 cm³/mol. The van der Waals surface area contributed by atoms with E-state index in [0.717, 1.165) is 6.42 Å². The van der Waals surface area contributed by atoms with Crippen LogP contribution < -0.4 is 5.32 Å². The lowest BCUT2D eigenvalue weighted by Crippen LogP contribution is -2.37. The molecular weight excluding hydrogens is 289 g/mol. The summed E-state index contributed by atoms with van der Waals surface area (Å²) < 4.78 is 18.3. The average Bonchev–Trinajstić information content (AvgIpc) is 2.31. The first-order valence-corrected chi connectivity index (χ1v) is 6.12. The topological polar surface area (TPSA) is 38.3 Å². The number of hydrogen-bond donors (Lipinski definition) is 1. The van der Waals surface area contributed by atoms with Crippen molar-refractivity contribution in [3.63, 3.8) is 0 Å². The fourth-order valence-electron chi connectivity index (χ4n) is 1.37. The molecule has 1 atom stereocenters. The standard InChI is InChI=1S/C12H15BrFNO2/c1-3-9(7-17-2)15-12(16)8-4-5-11(14)10(13)6-8/h4-6,9H,3,7H2,1-2H3,(H,15,16). The Hall–Kier alpha value is -0.940. The minimum atomic E-state index is -0.384. The van der Waals surface area contributed by atoms with E-state index < -0.39 is 0 Å². The molecule has 1 unspecified atom stereocenters. The van der Waals surface area contributed by atoms with Crippen LogP contribution in [-0.2, 0) is 4.74 Å². The molecule has 1 aromatic carbocycles. The van der Waals surface area contributed by atoms with Gasteiger partial charge in [-0.15, -0.1) is 0 Å². The van der Waals surface area contributed by atoms with E-state index in [-0.39, 0.29) is 22.2 Å². The van der Waals surface area contributed by atoms with E-state index in [9.17, 15) is 9.18 Å². The lowest BCUT2D eigenvalue weighted by Gasteiger charge is -2.15. The van der Waals surface area contributed by atoms with Crippen molar-refractivity contribution in [2.45, 2.75) is 19.4 Å². The van der Waals surface area contributed by atoms with Crippen LogP contribution in [0.15, 0.2) is 22.7 Å². The molecule has 0 radical (unpaired) electrons. The van der Waals surface area contributed by atoms with E-state index in [2.05, 4.69) is 21.2 Å². The quantitative estimate of drug-likeness (QED) is 0.908. The number of halogens is 2. The molecule has 1 amide bonds. The third-order valence-electron chi connectivity index (χ3n) is 2.38. The van der Waals surface area contributed by atoms with Crippen molar-refractivity contribution in [1.82, 2.24) is 5.32 Å². The summed E-state index contributed by atoms with van der Waals surface area (Å²) in [5, 5.41) is 2.82. The van der Waals surface area contributed by atoms with Gasteiger partial charge in [-0.3, -0.25) is 4.79 Å². The number of amides is 1. The van der Waals surface area contributed by atoms with Gasteiger partial charge in [-0.05, 0) is 40.5 Å². The molecule has 0 spiro atoms. The van der Waals surface area contributed by atoms with Gasteiger partial charge in [-0.25, -0.2) is 4.39 Å². The predicted octanol–water partition coefficient (Wildman–Crippen LogP) is 2.74. The Kier molecular flexibility index (Phi) is 5.58. The van der Waals surface area contributed by atoms with Gasteiger partial charge < -0.3 is 10.1 Å². The smallest absolute Gasteiger partial charge is 0.251 e. The van der Waals surface area contributed by atoms with Gasteiger partial charge in [-0.2, -0.15) is 0 Å². The van der Waals surface area contributed by atoms with Gasteiger partial charge in [0, 0.05) is 12.7 Å². The van der Waals surface area contributed by atoms with Crippen LogP contribution in [0.2, 0.25) is 0 Å². The zero-order valence-corrected chi connectivity index (χ0v) is 11.4. The van der Waals surface area contributed by atoms with Crippen molar-refractivity contribution in [3.8, 4) is 0 Å². The van der Waals surface area contributed by atoms with E-state index in [0.29, 0.717) is 12.2 Å². The van der Waals surface area contributed by atoms with Crippen molar-refractivity contribution in [2.75, 3.05) is 13.7 Å². The molecule has 0 heterocycles. The van der Waals surface area contributed by atoms with Gasteiger partial charge in [0.15, 0.2) is 0 Å². The van der Waals surface area contributed by atoms with E-state index >= 15 is 0 Å². The van der Waals surface area contributed by atoms with Crippen molar-refractivity contribution in [3.05, 3.63) is 34.1 Å². The molecule has 1 aromatic rings. The summed E-state index contributed by atoms with van der Waals surface area (Å²) in [5.74, 6) is -0.611. The van der Waals surface area contributed by atoms with Crippen LogP contribution in [-0.4, -0.2) is 25.7 Å². The van der Waals surface area contributed by atoms with Gasteiger partial charge >= 0.3 is 0 Å². The maximum absolute atomic E-state index is 13.0. The molecule has 0 aliphatic heterocycles. The molecule has 0 saturated carbocycles. The van der Waals surface area contributed by atoms with Crippen LogP contribution >= 0.6 is 15.9 Å². The lowest BCUT2D eigenvalue weighted by molar-refractivity contribution is 0.0894. The molecule has 1 N–H and O–H groups in total. The number of rotatable bonds is 5. The van der Waals surface area contributed by atoms with Gasteiger partial charge in [0.05, 0.1) is 17.1 Å². The molecular formula is C12H15BrFNO2. The molecule has 3 nitrogen and oxygen atoms in total. The number of carbonyl (C=O) groups is 1. The zero-order valence-electron chi connectivity index (χ0n) is 9.80. The summed E-state index contributed by atoms with van der Waals surface area (Å²) in [6.45, 7) is 2.43. The SMILES string of the molecule is CCC(COC)NC(=O)c1ccc(F)c(Br)c1. The Bertz CT molecular complexity index is 398. The van der Waals surface area contributed by atoms with Crippen molar-refractivity contribution in [2.24, 2.45) is 0 Å². The van der Waals surface area contributed by atoms with Crippen LogP contribution in [0.5, 0.6) is 0 Å². The van der Waals surface area contributed by atoms with E-state index in [4.69, 9.17) is 4.74 Å². The van der Waals surface area contributed by atoms with Crippen LogP contribution in [0.3, 0.4) is 0 Å². The second-order valence-electron chi connectivity index (χ2n) is 3.66. The fourth-order valence-corrected chi connectivity index (χ4v) is 1.75. The highest BCUT2D eigenvalue weighted by molar-refractivity contribution is 9.10. The molecule has 1 rings (SSSR count). The Labute approximate surface area is 108 Å². The second-order valence-corrected chi connectivity index (χ2v) is 4.52. The summed E-state index contributed by atoms with van der Waals surface area (Å²) in [7, 11) is 1.59. The highest BCUT2D eigenvalue weighted by Crippen LogP contribution is 2.16. The number of methoxy groups -OCH3 is 1. The summed E-state index contributed by atoms with van der Waals surface area (Å²) >= 11 is 3.05. The Balaban J connectivity index is 2.72. The summed E-state index contributed by atoms with van der Waals surface area (Å²) in [6.07, 6.45) is 0.780. The van der Waals surface area contributed by atoms with Crippen LogP contribution in [0.25, 0.3) is 0 Å². The molecule has 0 fully saturated rings. The highest BCUT2D eigenvalue weighted by atomic mass is 79.9. The molecule has 0 saturated heterocycles. The van der Waals surface area contributed by atoms with Crippen molar-refractivity contribution in [1.29, 1.82) is 0 Å². The Morgan fingerprint density at radius 2 is 2.29 bits per heavy atom. The molecule has 5 heteroatoms. The van der Waals surface area contributed by atoms with Crippen molar-refractivity contribution >= 4 is 21.8 Å². The highest BCUT2D eigenvalue weighted by Gasteiger charge is 2.13. The van der Waals surface area contributed by atoms with Crippen LogP contribution in [0.1, 0.15) is 23.7 Å². The fraction of sp³-hybridized carbons (Fsp3) is 0.417. The maximum atomic E-state index is 13.0. The van der Waals surface area contributed by atoms with E-state index in [1.54, 1.807) is 7.11 Å². The first-order chi connectivity index (χ1) is 8.08. The number of ether oxygens (including phenoxy) is 1. The summed E-state index contributed by atoms with van der Waals surface area (Å²) in [6, 6.07) is 4.14. The van der Waals surface area contributed by atoms with E-state index in [1.807, 2.05) is 6.92 Å². The normalized spacial score (nSPS) is 12.2. The molecule has 0 aliphatic rings. The third-order valence-corrected chi connectivity index (χ3v) is 2.99. The number of hydrogen-bond acceptors (Lipinski definition) is 2. The summed E-state index contributed by atoms with van der Waals surface area (Å²) in [4.78, 5) is 11.8. The number of benzene rings is 1. The third kappa shape index (κ3) is 4.09. The van der Waals surface area contributed by atoms with Crippen molar-refractivity contribution < 1.29 is 13.9 Å². The molecule has 17 heavy (non-hydrogen) atoms. The maximum Gasteiger partial charge on any atom is 0.251 e. The first-order valence-electron chi connectivity index (χ1n) is 5.33. The van der Waals surface area contributed by atoms with Crippen LogP contribution in [0, 0.1) is 5.82 Å². The van der Waals surface area contributed by atoms with Gasteiger partial charge in [-0.1, -0.05) is 6.92 Å². The molecule has 94 valence electrons. The molecule has 0 aromatic heterocycles. The number of carbonyl (C=O) groups excluding carboxylic acids is 1. The zero-order chi connectivity index (χ0) is 12.8. The minimum Gasteiger partial charge on any atom is -0.383 e. The minimum absolute atomic E-state index is 0.0312. The lowest BCUT2D eigenvalue weighted by atomic mass is 10.1. The monoisotopic (exact) mass is 303 g/mol. The Morgan fingerprint density at radius 3 is 2.82 bits per heavy atom. The average molecular weight is 304 g/mol. The first kappa shape index (κ1) is 14.1. The van der Waals surface area contributed by atoms with E-state index in [1.165, 1.54) is 18.2 Å². The number of nitrogens with one attached hydrogen (secondary N) is 1. The molecule has 0 bridgehead atoms. The molecule has 0 aliphatic carbocycles.